The normalized spacial score (nSPS) is 14.4. The van der Waals surface area contributed by atoms with Crippen LogP contribution in [-0.4, -0.2) is 47.2 Å². The third-order valence-corrected chi connectivity index (χ3v) is 7.23. The van der Waals surface area contributed by atoms with E-state index < -0.39 is 43.4 Å². The first-order valence-corrected chi connectivity index (χ1v) is 12.3. The number of aromatic amines is 1. The fraction of sp³-hybridized carbons (Fsp3) is 0.263. The molecule has 11 nitrogen and oxygen atoms in total. The summed E-state index contributed by atoms with van der Waals surface area (Å²) in [5.41, 5.74) is -4.30. The minimum atomic E-state index is -4.14. The molecule has 1 saturated carbocycles. The van der Waals surface area contributed by atoms with Crippen LogP contribution in [-0.2, 0) is 15.8 Å². The number of hydrogen-bond donors (Lipinski definition) is 3. The van der Waals surface area contributed by atoms with Gasteiger partial charge in [0, 0.05) is 12.1 Å². The van der Waals surface area contributed by atoms with Crippen LogP contribution in [0.1, 0.15) is 25.0 Å². The van der Waals surface area contributed by atoms with Crippen LogP contribution in [0.3, 0.4) is 0 Å². The molecule has 0 unspecified atom stereocenters. The van der Waals surface area contributed by atoms with Crippen LogP contribution in [0.4, 0.5) is 8.78 Å². The van der Waals surface area contributed by atoms with E-state index in [9.17, 15) is 31.9 Å². The van der Waals surface area contributed by atoms with Crippen LogP contribution in [0.2, 0.25) is 10.0 Å². The van der Waals surface area contributed by atoms with Gasteiger partial charge in [0.25, 0.3) is 5.56 Å². The molecule has 4 rings (SSSR count). The van der Waals surface area contributed by atoms with Crippen molar-refractivity contribution in [3.05, 3.63) is 61.0 Å². The molecule has 0 amide bonds. The molecule has 1 aromatic carbocycles. The van der Waals surface area contributed by atoms with Gasteiger partial charge >= 0.3 is 5.69 Å². The maximum absolute atomic E-state index is 13.5. The monoisotopic (exact) mass is 559 g/mol. The lowest BCUT2D eigenvalue weighted by Crippen LogP contribution is -2.39. The summed E-state index contributed by atoms with van der Waals surface area (Å²) in [6.07, 6.45) is 3.08. The highest BCUT2D eigenvalue weighted by atomic mass is 35.5. The van der Waals surface area contributed by atoms with Gasteiger partial charge in [-0.1, -0.05) is 29.6 Å². The Labute approximate surface area is 212 Å². The third kappa shape index (κ3) is 5.23. The van der Waals surface area contributed by atoms with Crippen molar-refractivity contribution in [1.82, 2.24) is 24.5 Å². The van der Waals surface area contributed by atoms with Crippen LogP contribution in [0, 0.1) is 0 Å². The molecule has 188 valence electrons. The van der Waals surface area contributed by atoms with E-state index in [4.69, 9.17) is 27.9 Å². The standard InChI is InChI=1S/C19H14BCl2F2N5O6S/c20-19(23,24)16-17(31)26-18(32)29(27-16)9-4-10(21)15(11(22)5-9)35-14-6-13(12(30)7-25-14)36(33,34)28-8-2-1-3-8/h4-8,28,30H,1-3H2,(H,26,31,32). The number of H-pyrrole nitrogens is 1. The molecule has 0 aliphatic heterocycles. The quantitative estimate of drug-likeness (QED) is 0.372. The molecule has 3 N–H and O–H groups in total. The number of benzene rings is 1. The number of aromatic hydroxyl groups is 1. The molecule has 2 aromatic heterocycles. The Morgan fingerprint density at radius 3 is 2.42 bits per heavy atom. The Kier molecular flexibility index (Phi) is 6.85. The Hall–Kier alpha value is -3.01. The highest BCUT2D eigenvalue weighted by Gasteiger charge is 2.31. The Morgan fingerprint density at radius 2 is 1.86 bits per heavy atom. The zero-order chi connectivity index (χ0) is 26.4. The zero-order valence-electron chi connectivity index (χ0n) is 17.8. The first-order valence-electron chi connectivity index (χ1n) is 10.1. The maximum atomic E-state index is 13.5. The van der Waals surface area contributed by atoms with Crippen LogP contribution in [0.25, 0.3) is 5.69 Å². The Balaban J connectivity index is 1.69. The molecule has 0 bridgehead atoms. The lowest BCUT2D eigenvalue weighted by molar-refractivity contribution is 0.0849. The Morgan fingerprint density at radius 1 is 1.22 bits per heavy atom. The zero-order valence-corrected chi connectivity index (χ0v) is 20.2. The van der Waals surface area contributed by atoms with Gasteiger partial charge in [0.1, 0.15) is 4.90 Å². The predicted octanol–water partition coefficient (Wildman–Crippen LogP) is 2.17. The van der Waals surface area contributed by atoms with E-state index in [1.54, 1.807) is 4.98 Å². The van der Waals surface area contributed by atoms with Gasteiger partial charge in [0.05, 0.1) is 21.9 Å². The van der Waals surface area contributed by atoms with Crippen molar-refractivity contribution in [2.45, 2.75) is 36.0 Å². The number of alkyl halides is 2. The summed E-state index contributed by atoms with van der Waals surface area (Å²) in [7, 11) is 0.554. The Bertz CT molecular complexity index is 1550. The van der Waals surface area contributed by atoms with Gasteiger partial charge in [-0.25, -0.2) is 31.7 Å². The van der Waals surface area contributed by atoms with E-state index in [0.29, 0.717) is 17.5 Å². The summed E-state index contributed by atoms with van der Waals surface area (Å²) in [6.45, 7) is 0. The van der Waals surface area contributed by atoms with Gasteiger partial charge < -0.3 is 9.84 Å². The van der Waals surface area contributed by atoms with E-state index >= 15 is 0 Å². The number of ether oxygens (including phenoxy) is 1. The van der Waals surface area contributed by atoms with Crippen molar-refractivity contribution in [1.29, 1.82) is 0 Å². The number of aromatic nitrogens is 4. The smallest absolute Gasteiger partial charge is 0.349 e. The van der Waals surface area contributed by atoms with E-state index in [-0.39, 0.29) is 33.4 Å². The summed E-state index contributed by atoms with van der Waals surface area (Å²) < 4.78 is 60.6. The molecular weight excluding hydrogens is 546 g/mol. The van der Waals surface area contributed by atoms with Gasteiger partial charge in [-0.3, -0.25) is 9.78 Å². The minimum Gasteiger partial charge on any atom is -0.505 e. The molecular formula is C19H14BCl2F2N5O6S. The minimum absolute atomic E-state index is 0.226. The topological polar surface area (TPSA) is 156 Å². The van der Waals surface area contributed by atoms with Crippen LogP contribution in [0.15, 0.2) is 38.9 Å². The summed E-state index contributed by atoms with van der Waals surface area (Å²) in [6, 6.07) is 2.84. The molecule has 1 aliphatic carbocycles. The molecule has 17 heteroatoms. The number of halogens is 4. The predicted molar refractivity (Wildman–Crippen MR) is 124 cm³/mol. The highest BCUT2D eigenvalue weighted by molar-refractivity contribution is 7.89. The second-order valence-electron chi connectivity index (χ2n) is 7.72. The van der Waals surface area contributed by atoms with E-state index in [1.807, 2.05) is 0 Å². The number of pyridine rings is 1. The molecule has 0 spiro atoms. The number of nitrogens with one attached hydrogen (secondary N) is 2. The molecule has 2 radical (unpaired) electrons. The number of rotatable bonds is 7. The summed E-state index contributed by atoms with van der Waals surface area (Å²) in [5, 5.41) is 12.8. The lowest BCUT2D eigenvalue weighted by atomic mass is 9.94. The third-order valence-electron chi connectivity index (χ3n) is 5.12. The average Bonchev–Trinajstić information content (AvgIpc) is 2.73. The number of hydrogen-bond acceptors (Lipinski definition) is 8. The fourth-order valence-corrected chi connectivity index (χ4v) is 5.09. The van der Waals surface area contributed by atoms with Crippen LogP contribution in [0.5, 0.6) is 17.4 Å². The second kappa shape index (κ2) is 9.46. The van der Waals surface area contributed by atoms with Gasteiger partial charge in [0.15, 0.2) is 25.0 Å². The van der Waals surface area contributed by atoms with Crippen molar-refractivity contribution in [2.75, 3.05) is 0 Å². The molecule has 36 heavy (non-hydrogen) atoms. The average molecular weight is 560 g/mol. The highest BCUT2D eigenvalue weighted by Crippen LogP contribution is 2.39. The second-order valence-corrected chi connectivity index (χ2v) is 10.2. The first-order chi connectivity index (χ1) is 16.8. The van der Waals surface area contributed by atoms with Gasteiger partial charge in [0.2, 0.25) is 21.7 Å². The SMILES string of the molecule is [B]C(F)(F)c1nn(-c2cc(Cl)c(Oc3cc(S(=O)(=O)NC4CCC4)c(O)cn3)c(Cl)c2)c(=O)[nH]c1=O. The first kappa shape index (κ1) is 26.1. The van der Waals surface area contributed by atoms with Crippen LogP contribution >= 0.6 is 23.2 Å². The fourth-order valence-electron chi connectivity index (χ4n) is 3.16. The summed E-state index contributed by atoms with van der Waals surface area (Å²) in [5.74, 6) is -5.30. The van der Waals surface area contributed by atoms with Crippen molar-refractivity contribution in [3.63, 3.8) is 0 Å². The van der Waals surface area contributed by atoms with Gasteiger partial charge in [-0.05, 0) is 25.0 Å². The number of sulfonamides is 1. The van der Waals surface area contributed by atoms with Crippen molar-refractivity contribution >= 4 is 41.1 Å². The van der Waals surface area contributed by atoms with Crippen LogP contribution < -0.4 is 20.7 Å². The summed E-state index contributed by atoms with van der Waals surface area (Å²) in [4.78, 5) is 28.7. The molecule has 2 heterocycles. The largest absolute Gasteiger partial charge is 0.505 e. The van der Waals surface area contributed by atoms with E-state index in [1.165, 1.54) is 0 Å². The van der Waals surface area contributed by atoms with E-state index in [2.05, 4.69) is 22.7 Å². The lowest BCUT2D eigenvalue weighted by Gasteiger charge is -2.26. The molecule has 0 atom stereocenters. The van der Waals surface area contributed by atoms with Crippen molar-refractivity contribution < 1.29 is 27.0 Å². The maximum Gasteiger partial charge on any atom is 0.349 e. The van der Waals surface area contributed by atoms with Crippen molar-refractivity contribution in [2.24, 2.45) is 0 Å². The van der Waals surface area contributed by atoms with Gasteiger partial charge in [-0.2, -0.15) is 9.78 Å². The molecule has 1 fully saturated rings. The molecule has 3 aromatic rings. The molecule has 0 saturated heterocycles. The van der Waals surface area contributed by atoms with E-state index in [0.717, 1.165) is 30.8 Å². The number of nitrogens with zero attached hydrogens (tertiary/aromatic N) is 3. The van der Waals surface area contributed by atoms with Gasteiger partial charge in [-0.15, -0.1) is 0 Å². The molecule has 1 aliphatic rings. The van der Waals surface area contributed by atoms with Crippen molar-refractivity contribution in [3.8, 4) is 23.1 Å². The summed E-state index contributed by atoms with van der Waals surface area (Å²) >= 11 is 12.4.